The molecular weight excluding hydrogens is 174 g/mol. The Morgan fingerprint density at radius 2 is 1.14 bits per heavy atom. The van der Waals surface area contributed by atoms with Crippen LogP contribution < -0.4 is 4.76 Å². The molecule has 0 atom stereocenters. The summed E-state index contributed by atoms with van der Waals surface area (Å²) in [5, 5.41) is 0. The Balaban J connectivity index is 2.42. The maximum atomic E-state index is 11.8. The topological polar surface area (TPSA) is 20.1 Å². The van der Waals surface area contributed by atoms with Gasteiger partial charge in [-0.25, -0.2) is 0 Å². The average molecular weight is 182 g/mol. The number of para-hydroxylation sites is 2. The van der Waals surface area contributed by atoms with Crippen molar-refractivity contribution >= 4 is 11.4 Å². The first-order chi connectivity index (χ1) is 6.88. The van der Waals surface area contributed by atoms with Gasteiger partial charge < -0.3 is 0 Å². The van der Waals surface area contributed by atoms with E-state index in [1.807, 2.05) is 48.5 Å². The summed E-state index contributed by atoms with van der Waals surface area (Å²) in [6.07, 6.45) is 0. The van der Waals surface area contributed by atoms with Gasteiger partial charge in [0.25, 0.3) is 11.4 Å². The van der Waals surface area contributed by atoms with E-state index in [1.165, 1.54) is 0 Å². The summed E-state index contributed by atoms with van der Waals surface area (Å²) in [4.78, 5) is 11.8. The van der Waals surface area contributed by atoms with Gasteiger partial charge in [-0.1, -0.05) is 24.3 Å². The number of fused-ring (bicyclic) bond motifs is 3. The van der Waals surface area contributed by atoms with Gasteiger partial charge in [-0.05, 0) is 12.1 Å². The van der Waals surface area contributed by atoms with Gasteiger partial charge in [-0.3, -0.25) is 0 Å². The van der Waals surface area contributed by atoms with Crippen LogP contribution in [0.5, 0.6) is 0 Å². The molecular formula is C12H8NO+. The number of benzene rings is 2. The lowest BCUT2D eigenvalue weighted by Gasteiger charge is -1.89. The quantitative estimate of drug-likeness (QED) is 0.488. The minimum Gasteiger partial charge on any atom is -0.0611 e. The summed E-state index contributed by atoms with van der Waals surface area (Å²) in [7, 11) is 0. The van der Waals surface area contributed by atoms with E-state index in [1.54, 1.807) is 0 Å². The van der Waals surface area contributed by atoms with Crippen molar-refractivity contribution in [3.63, 3.8) is 0 Å². The number of hydrogen-bond donors (Lipinski definition) is 0. The lowest BCUT2D eigenvalue weighted by Crippen LogP contribution is -1.91. The minimum absolute atomic E-state index is 0.744. The third kappa shape index (κ3) is 0.799. The fourth-order valence-electron chi connectivity index (χ4n) is 1.89. The van der Waals surface area contributed by atoms with Crippen molar-refractivity contribution in [3.8, 4) is 11.1 Å². The normalized spacial score (nSPS) is 12.4. The first kappa shape index (κ1) is 7.44. The van der Waals surface area contributed by atoms with Crippen molar-refractivity contribution in [1.29, 1.82) is 0 Å². The molecule has 0 bridgehead atoms. The van der Waals surface area contributed by atoms with E-state index in [9.17, 15) is 4.91 Å². The van der Waals surface area contributed by atoms with Gasteiger partial charge in [0.15, 0.2) is 0 Å². The van der Waals surface area contributed by atoms with Crippen molar-refractivity contribution < 1.29 is 0 Å². The molecule has 0 aromatic heterocycles. The zero-order valence-electron chi connectivity index (χ0n) is 7.47. The second-order valence-corrected chi connectivity index (χ2v) is 3.33. The Labute approximate surface area is 81.4 Å². The van der Waals surface area contributed by atoms with Gasteiger partial charge >= 0.3 is 0 Å². The summed E-state index contributed by atoms with van der Waals surface area (Å²) in [5.41, 5.74) is 3.54. The van der Waals surface area contributed by atoms with E-state index in [4.69, 9.17) is 0 Å². The predicted molar refractivity (Wildman–Crippen MR) is 56.7 cm³/mol. The Morgan fingerprint density at radius 1 is 0.714 bits per heavy atom. The maximum absolute atomic E-state index is 11.8. The van der Waals surface area contributed by atoms with Gasteiger partial charge in [0.05, 0.1) is 15.9 Å². The van der Waals surface area contributed by atoms with Crippen molar-refractivity contribution in [2.45, 2.75) is 0 Å². The molecule has 1 aliphatic heterocycles. The zero-order valence-corrected chi connectivity index (χ0v) is 7.47. The number of nitroso groups, excluding NO2 is 1. The second-order valence-electron chi connectivity index (χ2n) is 3.33. The fraction of sp³-hybridized carbons (Fsp3) is 0. The van der Waals surface area contributed by atoms with Crippen LogP contribution in [0.3, 0.4) is 0 Å². The largest absolute Gasteiger partial charge is 0.271 e. The summed E-state index contributed by atoms with van der Waals surface area (Å²) in [6, 6.07) is 15.3. The first-order valence-corrected chi connectivity index (χ1v) is 4.53. The molecule has 0 spiro atoms. The molecule has 0 saturated heterocycles. The Bertz CT molecular complexity index is 484. The average Bonchev–Trinajstić information content (AvgIpc) is 2.55. The Hall–Kier alpha value is -1.96. The molecule has 0 radical (unpaired) electrons. The third-order valence-electron chi connectivity index (χ3n) is 2.54. The molecule has 0 unspecified atom stereocenters. The lowest BCUT2D eigenvalue weighted by molar-refractivity contribution is 1.09. The van der Waals surface area contributed by atoms with Gasteiger partial charge in [-0.2, -0.15) is 0 Å². The summed E-state index contributed by atoms with van der Waals surface area (Å²) < 4.78 is 0.991. The van der Waals surface area contributed by atoms with Crippen LogP contribution in [0.4, 0.5) is 11.4 Å². The van der Waals surface area contributed by atoms with Crippen molar-refractivity contribution in [1.82, 2.24) is 4.76 Å². The van der Waals surface area contributed by atoms with Crippen molar-refractivity contribution in [2.75, 3.05) is 0 Å². The molecule has 0 aliphatic carbocycles. The van der Waals surface area contributed by atoms with Gasteiger partial charge in [-0.15, -0.1) is 0 Å². The molecule has 0 fully saturated rings. The fourth-order valence-corrected chi connectivity index (χ4v) is 1.89. The Kier molecular flexibility index (Phi) is 1.34. The van der Waals surface area contributed by atoms with Crippen LogP contribution in [-0.2, 0) is 0 Å². The van der Waals surface area contributed by atoms with Gasteiger partial charge in [0.1, 0.15) is 0 Å². The predicted octanol–water partition coefficient (Wildman–Crippen LogP) is 3.27. The SMILES string of the molecule is O=[N+]1c2ccccc2-c2ccccc21. The highest BCUT2D eigenvalue weighted by Gasteiger charge is 2.34. The Morgan fingerprint density at radius 3 is 1.64 bits per heavy atom. The number of rotatable bonds is 0. The molecule has 1 aliphatic rings. The summed E-state index contributed by atoms with van der Waals surface area (Å²) in [6.45, 7) is 0. The number of nitrogens with zero attached hydrogens (tertiary/aromatic N) is 1. The molecule has 0 saturated carbocycles. The van der Waals surface area contributed by atoms with Crippen molar-refractivity contribution in [2.24, 2.45) is 0 Å². The molecule has 2 heteroatoms. The minimum atomic E-state index is 0.744. The highest BCUT2D eigenvalue weighted by atomic mass is 16.3. The molecule has 3 rings (SSSR count). The monoisotopic (exact) mass is 182 g/mol. The van der Waals surface area contributed by atoms with Crippen LogP contribution in [0.2, 0.25) is 0 Å². The standard InChI is InChI=1S/C12H8NO/c14-13-11-7-3-1-5-9(11)10-6-2-4-8-12(10)13/h1-8H/q+1. The summed E-state index contributed by atoms with van der Waals surface area (Å²) >= 11 is 0. The highest BCUT2D eigenvalue weighted by molar-refractivity contribution is 5.91. The first-order valence-electron chi connectivity index (χ1n) is 4.53. The summed E-state index contributed by atoms with van der Waals surface area (Å²) in [5.74, 6) is 0. The van der Waals surface area contributed by atoms with Crippen molar-refractivity contribution in [3.05, 3.63) is 53.4 Å². The van der Waals surface area contributed by atoms with Crippen LogP contribution in [0, 0.1) is 4.91 Å². The molecule has 2 nitrogen and oxygen atoms in total. The van der Waals surface area contributed by atoms with E-state index in [-0.39, 0.29) is 0 Å². The molecule has 1 heterocycles. The van der Waals surface area contributed by atoms with E-state index in [0.29, 0.717) is 0 Å². The van der Waals surface area contributed by atoms with E-state index < -0.39 is 0 Å². The third-order valence-corrected chi connectivity index (χ3v) is 2.54. The van der Waals surface area contributed by atoms with Crippen LogP contribution in [0.15, 0.2) is 48.5 Å². The molecule has 0 N–H and O–H groups in total. The molecule has 14 heavy (non-hydrogen) atoms. The van der Waals surface area contributed by atoms with Crippen LogP contribution in [-0.4, -0.2) is 0 Å². The second kappa shape index (κ2) is 2.51. The number of hydrogen-bond acceptors (Lipinski definition) is 1. The van der Waals surface area contributed by atoms with E-state index >= 15 is 0 Å². The van der Waals surface area contributed by atoms with Crippen LogP contribution >= 0.6 is 0 Å². The molecule has 66 valence electrons. The van der Waals surface area contributed by atoms with E-state index in [0.717, 1.165) is 27.3 Å². The maximum Gasteiger partial charge on any atom is 0.271 e. The zero-order chi connectivity index (χ0) is 9.54. The molecule has 0 amide bonds. The lowest BCUT2D eigenvalue weighted by atomic mass is 10.1. The molecule has 2 aromatic carbocycles. The van der Waals surface area contributed by atoms with Crippen LogP contribution in [0.1, 0.15) is 0 Å². The highest BCUT2D eigenvalue weighted by Crippen LogP contribution is 2.43. The van der Waals surface area contributed by atoms with Gasteiger partial charge in [0, 0.05) is 17.0 Å². The van der Waals surface area contributed by atoms with E-state index in [2.05, 4.69) is 0 Å². The van der Waals surface area contributed by atoms with Gasteiger partial charge in [0.2, 0.25) is 0 Å². The van der Waals surface area contributed by atoms with Crippen LogP contribution in [0.25, 0.3) is 11.1 Å². The smallest absolute Gasteiger partial charge is 0.0611 e. The molecule has 2 aromatic rings.